The van der Waals surface area contributed by atoms with Crippen molar-refractivity contribution < 1.29 is 0 Å². The number of fused-ring (bicyclic) bond motifs is 5. The van der Waals surface area contributed by atoms with E-state index in [0.29, 0.717) is 0 Å². The molecule has 0 amide bonds. The molecule has 0 saturated carbocycles. The molecule has 1 N–H and O–H groups in total. The summed E-state index contributed by atoms with van der Waals surface area (Å²) in [5.74, 6) is 1.68. The van der Waals surface area contributed by atoms with E-state index in [9.17, 15) is 0 Å². The standard InChI is InChI=1S/C20H15N5/c1-2-5-13(6-3-1)19-23-11-16-14-8-10-21-12-17(14)24-20-15(18(16)25-19)7-4-9-22-20/h1-12,14,17H,(H,22,24). The monoisotopic (exact) mass is 325 g/mol. The molecule has 2 aliphatic rings. The van der Waals surface area contributed by atoms with Gasteiger partial charge in [-0.2, -0.15) is 0 Å². The van der Waals surface area contributed by atoms with E-state index in [2.05, 4.69) is 26.4 Å². The summed E-state index contributed by atoms with van der Waals surface area (Å²) in [5.41, 5.74) is 4.02. The second-order valence-corrected chi connectivity index (χ2v) is 6.10. The molecule has 3 aromatic rings. The van der Waals surface area contributed by atoms with E-state index < -0.39 is 0 Å². The SMILES string of the molecule is C1=CC2c3cnc(-c4ccccc4)nc3-c3cccnc3NC2C=N1. The van der Waals surface area contributed by atoms with Gasteiger partial charge in [-0.25, -0.2) is 15.0 Å². The van der Waals surface area contributed by atoms with E-state index >= 15 is 0 Å². The minimum absolute atomic E-state index is 0.0473. The summed E-state index contributed by atoms with van der Waals surface area (Å²) in [6.45, 7) is 0. The van der Waals surface area contributed by atoms with Crippen molar-refractivity contribution in [3.8, 4) is 22.6 Å². The Morgan fingerprint density at radius 1 is 0.960 bits per heavy atom. The number of nitrogens with one attached hydrogen (secondary N) is 1. The van der Waals surface area contributed by atoms with Gasteiger partial charge in [0.25, 0.3) is 0 Å². The van der Waals surface area contributed by atoms with Crippen LogP contribution in [-0.4, -0.2) is 27.2 Å². The minimum Gasteiger partial charge on any atom is -0.361 e. The lowest BCUT2D eigenvalue weighted by atomic mass is 9.90. The minimum atomic E-state index is 0.0473. The highest BCUT2D eigenvalue weighted by Crippen LogP contribution is 2.39. The first-order valence-corrected chi connectivity index (χ1v) is 8.24. The number of hydrogen-bond acceptors (Lipinski definition) is 5. The zero-order valence-electron chi connectivity index (χ0n) is 13.4. The van der Waals surface area contributed by atoms with Crippen LogP contribution in [0, 0.1) is 0 Å². The number of hydrogen-bond donors (Lipinski definition) is 1. The molecule has 5 heteroatoms. The van der Waals surface area contributed by atoms with Crippen LogP contribution in [-0.2, 0) is 0 Å². The molecule has 2 aliphatic heterocycles. The average Bonchev–Trinajstić information content (AvgIpc) is 2.83. The summed E-state index contributed by atoms with van der Waals surface area (Å²) in [4.78, 5) is 18.3. The van der Waals surface area contributed by atoms with Gasteiger partial charge >= 0.3 is 0 Å². The van der Waals surface area contributed by atoms with Gasteiger partial charge in [-0.3, -0.25) is 4.99 Å². The predicted octanol–water partition coefficient (Wildman–Crippen LogP) is 3.68. The van der Waals surface area contributed by atoms with Crippen LogP contribution >= 0.6 is 0 Å². The van der Waals surface area contributed by atoms with Gasteiger partial charge in [0.15, 0.2) is 5.82 Å². The van der Waals surface area contributed by atoms with Crippen LogP contribution < -0.4 is 5.32 Å². The molecule has 4 heterocycles. The molecule has 2 atom stereocenters. The molecule has 0 bridgehead atoms. The molecule has 5 rings (SSSR count). The maximum absolute atomic E-state index is 4.91. The molecule has 0 aliphatic carbocycles. The third kappa shape index (κ3) is 2.32. The zero-order chi connectivity index (χ0) is 16.6. The fourth-order valence-corrected chi connectivity index (χ4v) is 3.37. The van der Waals surface area contributed by atoms with Crippen LogP contribution in [0.2, 0.25) is 0 Å². The average molecular weight is 325 g/mol. The zero-order valence-corrected chi connectivity index (χ0v) is 13.4. The third-order valence-electron chi connectivity index (χ3n) is 4.59. The van der Waals surface area contributed by atoms with E-state index in [0.717, 1.165) is 34.0 Å². The molecule has 2 unspecified atom stereocenters. The van der Waals surface area contributed by atoms with Crippen molar-refractivity contribution in [2.45, 2.75) is 12.0 Å². The third-order valence-corrected chi connectivity index (χ3v) is 4.59. The fourth-order valence-electron chi connectivity index (χ4n) is 3.37. The summed E-state index contributed by atoms with van der Waals surface area (Å²) < 4.78 is 0. The number of aliphatic imine (C=N–C) groups is 1. The number of anilines is 1. The van der Waals surface area contributed by atoms with E-state index in [1.165, 1.54) is 0 Å². The Bertz CT molecular complexity index is 994. The maximum atomic E-state index is 4.91. The van der Waals surface area contributed by atoms with Gasteiger partial charge in [-0.1, -0.05) is 36.4 Å². The van der Waals surface area contributed by atoms with Gasteiger partial charge in [0.1, 0.15) is 5.82 Å². The molecule has 25 heavy (non-hydrogen) atoms. The van der Waals surface area contributed by atoms with E-state index in [-0.39, 0.29) is 12.0 Å². The Hall–Kier alpha value is -3.34. The van der Waals surface area contributed by atoms with E-state index in [1.54, 1.807) is 6.20 Å². The quantitative estimate of drug-likeness (QED) is 0.741. The first-order chi connectivity index (χ1) is 12.4. The molecule has 0 saturated heterocycles. The number of aromatic nitrogens is 3. The van der Waals surface area contributed by atoms with Gasteiger partial charge in [0.05, 0.1) is 11.7 Å². The van der Waals surface area contributed by atoms with Gasteiger partial charge in [0, 0.05) is 47.4 Å². The lowest BCUT2D eigenvalue weighted by molar-refractivity contribution is 0.791. The van der Waals surface area contributed by atoms with E-state index in [1.807, 2.05) is 61.1 Å². The van der Waals surface area contributed by atoms with Crippen LogP contribution in [0.15, 0.2) is 72.1 Å². The molecule has 0 spiro atoms. The van der Waals surface area contributed by atoms with Crippen molar-refractivity contribution >= 4 is 12.0 Å². The Labute approximate surface area is 145 Å². The second kappa shape index (κ2) is 5.63. The highest BCUT2D eigenvalue weighted by atomic mass is 15.0. The number of nitrogens with zero attached hydrogens (tertiary/aromatic N) is 4. The number of benzene rings is 1. The Balaban J connectivity index is 1.75. The first-order valence-electron chi connectivity index (χ1n) is 8.24. The van der Waals surface area contributed by atoms with Crippen molar-refractivity contribution in [3.63, 3.8) is 0 Å². The molecule has 2 aromatic heterocycles. The molecule has 0 radical (unpaired) electrons. The van der Waals surface area contributed by atoms with Crippen LogP contribution in [0.4, 0.5) is 5.82 Å². The van der Waals surface area contributed by atoms with Crippen molar-refractivity contribution in [1.82, 2.24) is 15.0 Å². The van der Waals surface area contributed by atoms with Gasteiger partial charge in [-0.05, 0) is 12.1 Å². The van der Waals surface area contributed by atoms with Gasteiger partial charge in [-0.15, -0.1) is 0 Å². The molecular weight excluding hydrogens is 310 g/mol. The Kier molecular flexibility index (Phi) is 3.16. The molecule has 0 fully saturated rings. The van der Waals surface area contributed by atoms with Gasteiger partial charge in [0.2, 0.25) is 0 Å². The van der Waals surface area contributed by atoms with Crippen LogP contribution in [0.1, 0.15) is 11.5 Å². The number of rotatable bonds is 1. The molecule has 120 valence electrons. The van der Waals surface area contributed by atoms with Gasteiger partial charge < -0.3 is 5.32 Å². The lowest BCUT2D eigenvalue weighted by Crippen LogP contribution is -2.29. The molecule has 1 aromatic carbocycles. The topological polar surface area (TPSA) is 63.1 Å². The Morgan fingerprint density at radius 2 is 1.88 bits per heavy atom. The largest absolute Gasteiger partial charge is 0.361 e. The first kappa shape index (κ1) is 14.0. The summed E-state index contributed by atoms with van der Waals surface area (Å²) in [6.07, 6.45) is 9.58. The smallest absolute Gasteiger partial charge is 0.159 e. The van der Waals surface area contributed by atoms with Crippen LogP contribution in [0.5, 0.6) is 0 Å². The highest BCUT2D eigenvalue weighted by molar-refractivity contribution is 5.84. The number of pyridine rings is 1. The maximum Gasteiger partial charge on any atom is 0.159 e. The normalized spacial score (nSPS) is 20.0. The van der Waals surface area contributed by atoms with Crippen molar-refractivity contribution in [2.75, 3.05) is 5.32 Å². The van der Waals surface area contributed by atoms with Crippen LogP contribution in [0.25, 0.3) is 22.6 Å². The second-order valence-electron chi connectivity index (χ2n) is 6.10. The molecule has 5 nitrogen and oxygen atoms in total. The highest BCUT2D eigenvalue weighted by Gasteiger charge is 2.30. The van der Waals surface area contributed by atoms with E-state index in [4.69, 9.17) is 4.98 Å². The van der Waals surface area contributed by atoms with Crippen LogP contribution in [0.3, 0.4) is 0 Å². The predicted molar refractivity (Wildman–Crippen MR) is 98.5 cm³/mol. The summed E-state index contributed by atoms with van der Waals surface area (Å²) in [7, 11) is 0. The summed E-state index contributed by atoms with van der Waals surface area (Å²) >= 11 is 0. The molecular formula is C20H15N5. The Morgan fingerprint density at radius 3 is 2.80 bits per heavy atom. The van der Waals surface area contributed by atoms with Crippen molar-refractivity contribution in [2.24, 2.45) is 4.99 Å². The lowest BCUT2D eigenvalue weighted by Gasteiger charge is -2.23. The van der Waals surface area contributed by atoms with Crippen molar-refractivity contribution in [3.05, 3.63) is 72.7 Å². The van der Waals surface area contributed by atoms with Crippen molar-refractivity contribution in [1.29, 1.82) is 0 Å². The summed E-state index contributed by atoms with van der Waals surface area (Å²) in [5, 5.41) is 3.49. The summed E-state index contributed by atoms with van der Waals surface area (Å²) in [6, 6.07) is 14.1. The fraction of sp³-hybridized carbons (Fsp3) is 0.100.